The Kier molecular flexibility index (Phi) is 8.29. The third-order valence-electron chi connectivity index (χ3n) is 8.68. The molecule has 0 aromatic heterocycles. The Morgan fingerprint density at radius 1 is 0.490 bits per heavy atom. The van der Waals surface area contributed by atoms with Crippen LogP contribution in [0, 0.1) is 24.7 Å². The highest BCUT2D eigenvalue weighted by atomic mass is 35.5. The Hall–Kier alpha value is -6.04. The smallest absolute Gasteiger partial charge is 0.252 e. The van der Waals surface area contributed by atoms with Gasteiger partial charge in [0, 0.05) is 22.3 Å². The third kappa shape index (κ3) is 5.75. The van der Waals surface area contributed by atoms with Crippen molar-refractivity contribution in [1.29, 1.82) is 0 Å². The number of rotatable bonds is 8. The minimum absolute atomic E-state index is 0.390. The summed E-state index contributed by atoms with van der Waals surface area (Å²) in [7, 11) is 0. The molecule has 1 aliphatic carbocycles. The summed E-state index contributed by atoms with van der Waals surface area (Å²) in [5.74, 6) is 7.97. The molecule has 7 rings (SSSR count). The summed E-state index contributed by atoms with van der Waals surface area (Å²) in [4.78, 5) is 23.0. The van der Waals surface area contributed by atoms with E-state index in [9.17, 15) is 9.59 Å². The maximum atomic E-state index is 11.5. The number of hydrogen-bond acceptors (Lipinski definition) is 4. The van der Waals surface area contributed by atoms with Crippen LogP contribution in [-0.2, 0) is 5.41 Å². The Morgan fingerprint density at radius 2 is 0.898 bits per heavy atom. The molecule has 49 heavy (non-hydrogen) atoms. The minimum atomic E-state index is -0.771. The summed E-state index contributed by atoms with van der Waals surface area (Å²) in [6.45, 7) is 0. The summed E-state index contributed by atoms with van der Waals surface area (Å²) in [6.07, 6.45) is 11.8. The maximum absolute atomic E-state index is 11.5. The zero-order valence-electron chi connectivity index (χ0n) is 25.7. The van der Waals surface area contributed by atoms with Crippen LogP contribution in [0.4, 0.5) is 0 Å². The second-order valence-corrected chi connectivity index (χ2v) is 12.1. The van der Waals surface area contributed by atoms with E-state index in [1.54, 1.807) is 48.5 Å². The van der Waals surface area contributed by atoms with E-state index in [0.717, 1.165) is 44.5 Å². The number of terminal acetylenes is 2. The summed E-state index contributed by atoms with van der Waals surface area (Å²) in [5.41, 5.74) is 7.66. The molecule has 1 aliphatic rings. The van der Waals surface area contributed by atoms with Crippen molar-refractivity contribution < 1.29 is 19.1 Å². The van der Waals surface area contributed by atoms with Crippen molar-refractivity contribution in [1.82, 2.24) is 0 Å². The first-order chi connectivity index (χ1) is 23.8. The molecule has 0 atom stereocenters. The van der Waals surface area contributed by atoms with Crippen LogP contribution in [0.3, 0.4) is 0 Å². The van der Waals surface area contributed by atoms with Crippen molar-refractivity contribution in [2.45, 2.75) is 5.41 Å². The van der Waals surface area contributed by atoms with E-state index < -0.39 is 15.9 Å². The number of carbonyl (C=O) groups is 2. The van der Waals surface area contributed by atoms with E-state index in [0.29, 0.717) is 34.1 Å². The molecule has 0 saturated carbocycles. The fourth-order valence-corrected chi connectivity index (χ4v) is 6.67. The van der Waals surface area contributed by atoms with Crippen molar-refractivity contribution in [3.8, 4) is 58.8 Å². The molecule has 6 aromatic rings. The van der Waals surface area contributed by atoms with Gasteiger partial charge in [-0.25, -0.2) is 0 Å². The van der Waals surface area contributed by atoms with Crippen LogP contribution in [0.2, 0.25) is 0 Å². The van der Waals surface area contributed by atoms with Crippen LogP contribution < -0.4 is 9.47 Å². The monoisotopic (exact) mass is 674 g/mol. The van der Waals surface area contributed by atoms with Gasteiger partial charge in [0.15, 0.2) is 0 Å². The van der Waals surface area contributed by atoms with Gasteiger partial charge in [0.25, 0.3) is 10.5 Å². The van der Waals surface area contributed by atoms with Crippen molar-refractivity contribution in [3.63, 3.8) is 0 Å². The fourth-order valence-electron chi connectivity index (χ4n) is 6.42. The molecular formula is C43H24Cl2O4. The quantitative estimate of drug-likeness (QED) is 0.119. The van der Waals surface area contributed by atoms with Gasteiger partial charge in [0.2, 0.25) is 0 Å². The highest BCUT2D eigenvalue weighted by molar-refractivity contribution is 6.68. The molecule has 0 unspecified atom stereocenters. The van der Waals surface area contributed by atoms with E-state index in [2.05, 4.69) is 30.0 Å². The lowest BCUT2D eigenvalue weighted by Crippen LogP contribution is -2.28. The van der Waals surface area contributed by atoms with Crippen LogP contribution >= 0.6 is 23.2 Å². The summed E-state index contributed by atoms with van der Waals surface area (Å²) in [6, 6.07) is 41.3. The van der Waals surface area contributed by atoms with Gasteiger partial charge in [-0.2, -0.15) is 0 Å². The average molecular weight is 676 g/mol. The highest BCUT2D eigenvalue weighted by Crippen LogP contribution is 2.56. The molecule has 0 fully saturated rings. The van der Waals surface area contributed by atoms with Crippen LogP contribution in [0.25, 0.3) is 11.1 Å². The summed E-state index contributed by atoms with van der Waals surface area (Å²) < 4.78 is 12.2. The first-order valence-corrected chi connectivity index (χ1v) is 15.9. The number of hydrogen-bond donors (Lipinski definition) is 0. The zero-order chi connectivity index (χ0) is 34.1. The number of ether oxygens (including phenoxy) is 2. The molecule has 4 nitrogen and oxygen atoms in total. The standard InChI is InChI=1S/C43H24Cl2O4/c1-3-27-6-24-39-38(25-27)37-23-5-28(4-2)26-40(37)43(39,31-11-19-35(20-12-31)48-33-15-7-29(8-16-33)41(44)46)32-13-21-36(22-14-32)49-34-17-9-30(10-18-34)42(45)47/h1-2,5-26H. The van der Waals surface area contributed by atoms with Gasteiger partial charge in [-0.15, -0.1) is 12.8 Å². The number of fused-ring (bicyclic) bond motifs is 3. The molecule has 0 aliphatic heterocycles. The van der Waals surface area contributed by atoms with E-state index in [4.69, 9.17) is 45.5 Å². The topological polar surface area (TPSA) is 52.6 Å². The molecule has 0 bridgehead atoms. The summed E-state index contributed by atoms with van der Waals surface area (Å²) >= 11 is 11.2. The van der Waals surface area contributed by atoms with Gasteiger partial charge < -0.3 is 9.47 Å². The number of halogens is 2. The van der Waals surface area contributed by atoms with Crippen molar-refractivity contribution in [2.24, 2.45) is 0 Å². The molecular weight excluding hydrogens is 651 g/mol. The van der Waals surface area contributed by atoms with Gasteiger partial charge in [0.1, 0.15) is 23.0 Å². The molecule has 6 heteroatoms. The molecule has 0 spiro atoms. The predicted molar refractivity (Wildman–Crippen MR) is 193 cm³/mol. The third-order valence-corrected chi connectivity index (χ3v) is 9.12. The lowest BCUT2D eigenvalue weighted by Gasteiger charge is -2.34. The van der Waals surface area contributed by atoms with Crippen LogP contribution in [0.1, 0.15) is 54.1 Å². The zero-order valence-corrected chi connectivity index (χ0v) is 27.3. The Morgan fingerprint density at radius 3 is 1.33 bits per heavy atom. The maximum Gasteiger partial charge on any atom is 0.252 e. The van der Waals surface area contributed by atoms with Gasteiger partial charge in [-0.1, -0.05) is 48.2 Å². The molecule has 0 saturated heterocycles. The lowest BCUT2D eigenvalue weighted by molar-refractivity contribution is 0.107. The van der Waals surface area contributed by atoms with Gasteiger partial charge >= 0.3 is 0 Å². The van der Waals surface area contributed by atoms with Crippen molar-refractivity contribution in [3.05, 3.63) is 178 Å². The van der Waals surface area contributed by atoms with E-state index >= 15 is 0 Å². The fraction of sp³-hybridized carbons (Fsp3) is 0.0233. The second-order valence-electron chi connectivity index (χ2n) is 11.4. The average Bonchev–Trinajstić information content (AvgIpc) is 3.42. The molecule has 6 aromatic carbocycles. The van der Waals surface area contributed by atoms with Crippen LogP contribution in [-0.4, -0.2) is 10.5 Å². The SMILES string of the molecule is C#Cc1ccc2c(c1)-c1ccc(C#C)cc1C2(c1ccc(Oc2ccc(C(=O)Cl)cc2)cc1)c1ccc(Oc2ccc(C(=O)Cl)cc2)cc1. The minimum Gasteiger partial charge on any atom is -0.457 e. The van der Waals surface area contributed by atoms with Crippen molar-refractivity contribution in [2.75, 3.05) is 0 Å². The van der Waals surface area contributed by atoms with E-state index in [1.165, 1.54) is 0 Å². The molecule has 0 radical (unpaired) electrons. The largest absolute Gasteiger partial charge is 0.457 e. The highest BCUT2D eigenvalue weighted by Gasteiger charge is 2.46. The van der Waals surface area contributed by atoms with E-state index in [1.807, 2.05) is 66.7 Å². The van der Waals surface area contributed by atoms with Crippen LogP contribution in [0.5, 0.6) is 23.0 Å². The predicted octanol–water partition coefficient (Wildman–Crippen LogP) is 10.4. The Labute approximate surface area is 293 Å². The summed E-state index contributed by atoms with van der Waals surface area (Å²) in [5, 5.41) is -1.06. The molecule has 0 heterocycles. The Balaban J connectivity index is 1.35. The Bertz CT molecular complexity index is 2220. The molecule has 0 amide bonds. The second kappa shape index (κ2) is 12.9. The first kappa shape index (κ1) is 31.6. The van der Waals surface area contributed by atoms with Crippen molar-refractivity contribution >= 4 is 33.7 Å². The number of benzene rings is 6. The molecule has 234 valence electrons. The van der Waals surface area contributed by atoms with E-state index in [-0.39, 0.29) is 0 Å². The number of carbonyl (C=O) groups excluding carboxylic acids is 2. The van der Waals surface area contributed by atoms with Gasteiger partial charge in [0.05, 0.1) is 5.41 Å². The van der Waals surface area contributed by atoms with Gasteiger partial charge in [-0.3, -0.25) is 9.59 Å². The van der Waals surface area contributed by atoms with Crippen LogP contribution in [0.15, 0.2) is 133 Å². The van der Waals surface area contributed by atoms with Gasteiger partial charge in [-0.05, 0) is 154 Å². The first-order valence-electron chi connectivity index (χ1n) is 15.2. The normalized spacial score (nSPS) is 12.2. The molecule has 0 N–H and O–H groups in total. The lowest BCUT2D eigenvalue weighted by atomic mass is 9.67.